The van der Waals surface area contributed by atoms with Crippen LogP contribution in [0.4, 0.5) is 0 Å². The van der Waals surface area contributed by atoms with E-state index in [0.717, 1.165) is 17.4 Å². The van der Waals surface area contributed by atoms with Crippen LogP contribution in [0.2, 0.25) is 0 Å². The van der Waals surface area contributed by atoms with E-state index in [2.05, 4.69) is 11.4 Å². The SMILES string of the molecule is Cc1ccc(C(C)NC(=O)C(N)CCS(C)(=O)=O)c(C)c1. The molecule has 1 aromatic rings. The zero-order chi connectivity index (χ0) is 16.2. The molecular weight excluding hydrogens is 288 g/mol. The molecule has 6 heteroatoms. The third kappa shape index (κ3) is 5.85. The zero-order valence-corrected chi connectivity index (χ0v) is 13.8. The van der Waals surface area contributed by atoms with Gasteiger partial charge in [-0.05, 0) is 38.3 Å². The third-order valence-electron chi connectivity index (χ3n) is 3.39. The van der Waals surface area contributed by atoms with Crippen LogP contribution in [-0.2, 0) is 14.6 Å². The molecule has 0 fully saturated rings. The fourth-order valence-electron chi connectivity index (χ4n) is 2.18. The van der Waals surface area contributed by atoms with Crippen LogP contribution in [0.25, 0.3) is 0 Å². The summed E-state index contributed by atoms with van der Waals surface area (Å²) in [6.45, 7) is 5.90. The first kappa shape index (κ1) is 17.7. The monoisotopic (exact) mass is 312 g/mol. The highest BCUT2D eigenvalue weighted by atomic mass is 32.2. The number of amides is 1. The van der Waals surface area contributed by atoms with Crippen LogP contribution in [-0.4, -0.2) is 32.4 Å². The average molecular weight is 312 g/mol. The van der Waals surface area contributed by atoms with Crippen molar-refractivity contribution in [1.29, 1.82) is 0 Å². The maximum Gasteiger partial charge on any atom is 0.237 e. The lowest BCUT2D eigenvalue weighted by Gasteiger charge is -2.19. The molecule has 0 bridgehead atoms. The molecule has 1 aromatic carbocycles. The van der Waals surface area contributed by atoms with Gasteiger partial charge in [0.15, 0.2) is 0 Å². The Hall–Kier alpha value is -1.40. The minimum absolute atomic E-state index is 0.0838. The highest BCUT2D eigenvalue weighted by Crippen LogP contribution is 2.18. The number of aryl methyl sites for hydroxylation is 2. The Balaban J connectivity index is 2.65. The Morgan fingerprint density at radius 1 is 1.33 bits per heavy atom. The van der Waals surface area contributed by atoms with Gasteiger partial charge in [0, 0.05) is 6.26 Å². The summed E-state index contributed by atoms with van der Waals surface area (Å²) in [6, 6.07) is 5.06. The van der Waals surface area contributed by atoms with Crippen molar-refractivity contribution in [1.82, 2.24) is 5.32 Å². The summed E-state index contributed by atoms with van der Waals surface area (Å²) < 4.78 is 22.2. The number of benzene rings is 1. The minimum Gasteiger partial charge on any atom is -0.348 e. The maximum atomic E-state index is 12.0. The normalized spacial score (nSPS) is 14.5. The average Bonchev–Trinajstić information content (AvgIpc) is 2.34. The molecule has 0 heterocycles. The topological polar surface area (TPSA) is 89.3 Å². The minimum atomic E-state index is -3.10. The maximum absolute atomic E-state index is 12.0. The molecule has 3 N–H and O–H groups in total. The molecule has 1 amide bonds. The predicted octanol–water partition coefficient (Wildman–Crippen LogP) is 1.24. The van der Waals surface area contributed by atoms with Gasteiger partial charge in [-0.15, -0.1) is 0 Å². The van der Waals surface area contributed by atoms with E-state index in [4.69, 9.17) is 5.73 Å². The highest BCUT2D eigenvalue weighted by molar-refractivity contribution is 7.90. The second-order valence-electron chi connectivity index (χ2n) is 5.62. The second-order valence-corrected chi connectivity index (χ2v) is 7.88. The smallest absolute Gasteiger partial charge is 0.237 e. The number of carbonyl (C=O) groups excluding carboxylic acids is 1. The van der Waals surface area contributed by atoms with E-state index in [1.54, 1.807) is 0 Å². The summed E-state index contributed by atoms with van der Waals surface area (Å²) in [5, 5.41) is 2.83. The van der Waals surface area contributed by atoms with E-state index in [1.165, 1.54) is 5.56 Å². The summed E-state index contributed by atoms with van der Waals surface area (Å²) in [6.07, 6.45) is 1.26. The van der Waals surface area contributed by atoms with Gasteiger partial charge in [-0.3, -0.25) is 4.79 Å². The molecule has 5 nitrogen and oxygen atoms in total. The molecule has 0 radical (unpaired) electrons. The quantitative estimate of drug-likeness (QED) is 0.827. The number of rotatable bonds is 6. The molecule has 118 valence electrons. The van der Waals surface area contributed by atoms with Gasteiger partial charge in [0.05, 0.1) is 17.8 Å². The summed E-state index contributed by atoms with van der Waals surface area (Å²) in [5.74, 6) is -0.411. The molecule has 0 saturated heterocycles. The van der Waals surface area contributed by atoms with Crippen LogP contribution in [0, 0.1) is 13.8 Å². The van der Waals surface area contributed by atoms with E-state index in [-0.39, 0.29) is 24.1 Å². The van der Waals surface area contributed by atoms with Crippen LogP contribution >= 0.6 is 0 Å². The first-order chi connectivity index (χ1) is 9.60. The van der Waals surface area contributed by atoms with Crippen LogP contribution in [0.5, 0.6) is 0 Å². The van der Waals surface area contributed by atoms with E-state index < -0.39 is 15.9 Å². The standard InChI is InChI=1S/C15H24N2O3S/c1-10-5-6-13(11(2)9-10)12(3)17-15(18)14(16)7-8-21(4,19)20/h5-6,9,12,14H,7-8,16H2,1-4H3,(H,17,18). The molecule has 0 aliphatic heterocycles. The fraction of sp³-hybridized carbons (Fsp3) is 0.533. The van der Waals surface area contributed by atoms with Gasteiger partial charge in [-0.1, -0.05) is 23.8 Å². The van der Waals surface area contributed by atoms with Crippen molar-refractivity contribution in [2.75, 3.05) is 12.0 Å². The Morgan fingerprint density at radius 3 is 2.48 bits per heavy atom. The highest BCUT2D eigenvalue weighted by Gasteiger charge is 2.19. The Kier molecular flexibility index (Phi) is 5.92. The molecule has 0 spiro atoms. The molecular formula is C15H24N2O3S. The van der Waals surface area contributed by atoms with E-state index in [1.807, 2.05) is 32.9 Å². The Bertz CT molecular complexity index is 611. The zero-order valence-electron chi connectivity index (χ0n) is 13.0. The Morgan fingerprint density at radius 2 is 1.95 bits per heavy atom. The largest absolute Gasteiger partial charge is 0.348 e. The van der Waals surface area contributed by atoms with Gasteiger partial charge in [0.25, 0.3) is 0 Å². The van der Waals surface area contributed by atoms with E-state index in [9.17, 15) is 13.2 Å². The van der Waals surface area contributed by atoms with Gasteiger partial charge in [-0.25, -0.2) is 8.42 Å². The number of nitrogens with one attached hydrogen (secondary N) is 1. The lowest BCUT2D eigenvalue weighted by molar-refractivity contribution is -0.123. The van der Waals surface area contributed by atoms with Gasteiger partial charge >= 0.3 is 0 Å². The van der Waals surface area contributed by atoms with Crippen molar-refractivity contribution in [2.24, 2.45) is 5.73 Å². The molecule has 1 rings (SSSR count). The lowest BCUT2D eigenvalue weighted by atomic mass is 10.00. The van der Waals surface area contributed by atoms with Crippen molar-refractivity contribution in [3.05, 3.63) is 34.9 Å². The van der Waals surface area contributed by atoms with E-state index >= 15 is 0 Å². The van der Waals surface area contributed by atoms with Crippen molar-refractivity contribution < 1.29 is 13.2 Å². The molecule has 2 unspecified atom stereocenters. The molecule has 0 aromatic heterocycles. The van der Waals surface area contributed by atoms with Crippen molar-refractivity contribution in [2.45, 2.75) is 39.3 Å². The van der Waals surface area contributed by atoms with Gasteiger partial charge < -0.3 is 11.1 Å². The molecule has 0 saturated carbocycles. The fourth-order valence-corrected chi connectivity index (χ4v) is 2.86. The number of hydrogen-bond donors (Lipinski definition) is 2. The molecule has 0 aliphatic carbocycles. The molecule has 21 heavy (non-hydrogen) atoms. The van der Waals surface area contributed by atoms with E-state index in [0.29, 0.717) is 0 Å². The van der Waals surface area contributed by atoms with Crippen LogP contribution in [0.1, 0.15) is 36.1 Å². The molecule has 2 atom stereocenters. The third-order valence-corrected chi connectivity index (χ3v) is 4.36. The van der Waals surface area contributed by atoms with Crippen LogP contribution in [0.15, 0.2) is 18.2 Å². The summed E-state index contributed by atoms with van der Waals surface area (Å²) in [5.41, 5.74) is 9.04. The lowest BCUT2D eigenvalue weighted by Crippen LogP contribution is -2.42. The number of carbonyl (C=O) groups is 1. The van der Waals surface area contributed by atoms with Gasteiger partial charge in [0.1, 0.15) is 9.84 Å². The van der Waals surface area contributed by atoms with Crippen molar-refractivity contribution in [3.63, 3.8) is 0 Å². The predicted molar refractivity (Wildman–Crippen MR) is 84.8 cm³/mol. The molecule has 0 aliphatic rings. The summed E-state index contributed by atoms with van der Waals surface area (Å²) in [4.78, 5) is 12.0. The van der Waals surface area contributed by atoms with Crippen LogP contribution < -0.4 is 11.1 Å². The van der Waals surface area contributed by atoms with Gasteiger partial charge in [-0.2, -0.15) is 0 Å². The number of sulfone groups is 1. The second kappa shape index (κ2) is 7.04. The Labute approximate surface area is 126 Å². The number of hydrogen-bond acceptors (Lipinski definition) is 4. The number of nitrogens with two attached hydrogens (primary N) is 1. The summed E-state index contributed by atoms with van der Waals surface area (Å²) >= 11 is 0. The summed E-state index contributed by atoms with van der Waals surface area (Å²) in [7, 11) is -3.10. The first-order valence-electron chi connectivity index (χ1n) is 6.91. The van der Waals surface area contributed by atoms with Crippen molar-refractivity contribution in [3.8, 4) is 0 Å². The van der Waals surface area contributed by atoms with Gasteiger partial charge in [0.2, 0.25) is 5.91 Å². The van der Waals surface area contributed by atoms with Crippen molar-refractivity contribution >= 4 is 15.7 Å². The first-order valence-corrected chi connectivity index (χ1v) is 8.97. The van der Waals surface area contributed by atoms with Crippen LogP contribution in [0.3, 0.4) is 0 Å².